The first-order valence-corrected chi connectivity index (χ1v) is 8.83. The van der Waals surface area contributed by atoms with Gasteiger partial charge in [-0.2, -0.15) is 0 Å². The van der Waals surface area contributed by atoms with Crippen molar-refractivity contribution in [3.8, 4) is 11.5 Å². The van der Waals surface area contributed by atoms with Crippen LogP contribution in [0.4, 0.5) is 8.78 Å². The molecule has 3 heterocycles. The number of alkyl halides is 2. The smallest absolute Gasteiger partial charge is 0.270 e. The number of carbonyl (C=O) groups is 1. The van der Waals surface area contributed by atoms with Crippen LogP contribution in [0.2, 0.25) is 0 Å². The highest BCUT2D eigenvalue weighted by Crippen LogP contribution is 2.34. The zero-order valence-corrected chi connectivity index (χ0v) is 15.2. The average molecular weight is 387 g/mol. The van der Waals surface area contributed by atoms with Crippen molar-refractivity contribution < 1.29 is 23.0 Å². The maximum atomic E-state index is 14.1. The van der Waals surface area contributed by atoms with Crippen LogP contribution in [-0.2, 0) is 0 Å². The van der Waals surface area contributed by atoms with Gasteiger partial charge in [-0.05, 0) is 30.3 Å². The number of H-pyrrole nitrogens is 1. The Balaban J connectivity index is 1.55. The summed E-state index contributed by atoms with van der Waals surface area (Å²) >= 11 is 0. The second-order valence-electron chi connectivity index (χ2n) is 6.78. The number of benzene rings is 1. The number of aromatic amines is 1. The van der Waals surface area contributed by atoms with E-state index in [2.05, 4.69) is 9.97 Å². The van der Waals surface area contributed by atoms with Crippen LogP contribution < -0.4 is 9.47 Å². The summed E-state index contributed by atoms with van der Waals surface area (Å²) in [4.78, 5) is 21.1. The Kier molecular flexibility index (Phi) is 4.62. The highest BCUT2D eigenvalue weighted by molar-refractivity contribution is 5.98. The molecule has 1 aliphatic rings. The van der Waals surface area contributed by atoms with Crippen molar-refractivity contribution in [3.63, 3.8) is 0 Å². The quantitative estimate of drug-likeness (QED) is 0.728. The van der Waals surface area contributed by atoms with Gasteiger partial charge < -0.3 is 19.4 Å². The molecule has 1 aromatic carbocycles. The predicted octanol–water partition coefficient (Wildman–Crippen LogP) is 3.50. The molecular weight excluding hydrogens is 368 g/mol. The Morgan fingerprint density at radius 3 is 2.93 bits per heavy atom. The van der Waals surface area contributed by atoms with Crippen molar-refractivity contribution in [1.82, 2.24) is 14.9 Å². The zero-order valence-electron chi connectivity index (χ0n) is 15.2. The van der Waals surface area contributed by atoms with Gasteiger partial charge in [0, 0.05) is 29.6 Å². The highest BCUT2D eigenvalue weighted by atomic mass is 19.3. The molecule has 146 valence electrons. The minimum atomic E-state index is -2.95. The molecule has 1 atom stereocenters. The molecule has 1 saturated heterocycles. The fraction of sp³-hybridized carbons (Fsp3) is 0.300. The third-order valence-electron chi connectivity index (χ3n) is 4.77. The Hall–Kier alpha value is -3.16. The third-order valence-corrected chi connectivity index (χ3v) is 4.77. The van der Waals surface area contributed by atoms with E-state index in [1.807, 2.05) is 6.07 Å². The van der Waals surface area contributed by atoms with Gasteiger partial charge in [0.15, 0.2) is 0 Å². The van der Waals surface area contributed by atoms with Crippen LogP contribution in [0.15, 0.2) is 48.8 Å². The Bertz CT molecular complexity index is 991. The average Bonchev–Trinajstić information content (AvgIpc) is 3.26. The van der Waals surface area contributed by atoms with Crippen LogP contribution in [0, 0.1) is 0 Å². The minimum Gasteiger partial charge on any atom is -0.497 e. The molecule has 0 unspecified atom stereocenters. The lowest BCUT2D eigenvalue weighted by Gasteiger charge is -2.23. The maximum Gasteiger partial charge on any atom is 0.270 e. The molecule has 0 radical (unpaired) electrons. The summed E-state index contributed by atoms with van der Waals surface area (Å²) in [7, 11) is 1.55. The molecular formula is C20H19F2N3O3. The van der Waals surface area contributed by atoms with Crippen molar-refractivity contribution in [2.24, 2.45) is 0 Å². The van der Waals surface area contributed by atoms with Crippen LogP contribution in [0.3, 0.4) is 0 Å². The second-order valence-corrected chi connectivity index (χ2v) is 6.78. The van der Waals surface area contributed by atoms with Crippen LogP contribution in [-0.4, -0.2) is 53.0 Å². The number of aromatic nitrogens is 2. The van der Waals surface area contributed by atoms with Gasteiger partial charge in [0.2, 0.25) is 0 Å². The monoisotopic (exact) mass is 387 g/mol. The number of methoxy groups -OCH3 is 1. The summed E-state index contributed by atoms with van der Waals surface area (Å²) in [6.45, 7) is -0.660. The standard InChI is InChI=1S/C20H19F2N3O3/c1-27-15-5-4-13-7-18(24-17(13)8-15)19(26)25-12-20(21,22)9-14(25)11-28-16-3-2-6-23-10-16/h2-8,10,14,24H,9,11-12H2,1H3/t14-/m0/s1. The topological polar surface area (TPSA) is 67.4 Å². The van der Waals surface area contributed by atoms with Crippen molar-refractivity contribution in [1.29, 1.82) is 0 Å². The Morgan fingerprint density at radius 2 is 2.18 bits per heavy atom. The van der Waals surface area contributed by atoms with Gasteiger partial charge in [0.05, 0.1) is 25.9 Å². The highest BCUT2D eigenvalue weighted by Gasteiger charge is 2.47. The molecule has 3 aromatic rings. The van der Waals surface area contributed by atoms with Gasteiger partial charge in [-0.25, -0.2) is 8.78 Å². The predicted molar refractivity (Wildman–Crippen MR) is 99.0 cm³/mol. The van der Waals surface area contributed by atoms with E-state index < -0.39 is 30.8 Å². The first-order chi connectivity index (χ1) is 13.4. The number of hydrogen-bond acceptors (Lipinski definition) is 4. The van der Waals surface area contributed by atoms with Crippen molar-refractivity contribution in [2.45, 2.75) is 18.4 Å². The summed E-state index contributed by atoms with van der Waals surface area (Å²) in [5.41, 5.74) is 0.962. The minimum absolute atomic E-state index is 0.0267. The number of fused-ring (bicyclic) bond motifs is 1. The number of ether oxygens (including phenoxy) is 2. The molecule has 1 fully saturated rings. The van der Waals surface area contributed by atoms with Crippen molar-refractivity contribution >= 4 is 16.8 Å². The van der Waals surface area contributed by atoms with E-state index in [9.17, 15) is 13.6 Å². The number of carbonyl (C=O) groups excluding carboxylic acids is 1. The van der Waals surface area contributed by atoms with E-state index in [0.29, 0.717) is 17.0 Å². The van der Waals surface area contributed by atoms with E-state index in [1.165, 1.54) is 11.1 Å². The van der Waals surface area contributed by atoms with Gasteiger partial charge in [-0.3, -0.25) is 9.78 Å². The summed E-state index contributed by atoms with van der Waals surface area (Å²) in [6.07, 6.45) is 2.66. The zero-order chi connectivity index (χ0) is 19.7. The molecule has 1 aliphatic heterocycles. The molecule has 28 heavy (non-hydrogen) atoms. The lowest BCUT2D eigenvalue weighted by Crippen LogP contribution is -2.39. The first kappa shape index (κ1) is 18.2. The van der Waals surface area contributed by atoms with Crippen LogP contribution in [0.1, 0.15) is 16.9 Å². The number of likely N-dealkylation sites (tertiary alicyclic amines) is 1. The normalized spacial score (nSPS) is 18.4. The molecule has 0 saturated carbocycles. The number of hydrogen-bond donors (Lipinski definition) is 1. The van der Waals surface area contributed by atoms with Gasteiger partial charge in [-0.1, -0.05) is 0 Å². The number of amides is 1. The van der Waals surface area contributed by atoms with Crippen LogP contribution in [0.25, 0.3) is 10.9 Å². The van der Waals surface area contributed by atoms with E-state index in [-0.39, 0.29) is 12.3 Å². The van der Waals surface area contributed by atoms with Gasteiger partial charge in [-0.15, -0.1) is 0 Å². The van der Waals surface area contributed by atoms with Gasteiger partial charge >= 0.3 is 0 Å². The Labute approximate surface area is 160 Å². The number of nitrogens with one attached hydrogen (secondary N) is 1. The van der Waals surface area contributed by atoms with E-state index >= 15 is 0 Å². The summed E-state index contributed by atoms with van der Waals surface area (Å²) < 4.78 is 38.9. The van der Waals surface area contributed by atoms with E-state index in [4.69, 9.17) is 9.47 Å². The Morgan fingerprint density at radius 1 is 1.32 bits per heavy atom. The molecule has 4 rings (SSSR count). The maximum absolute atomic E-state index is 14.1. The molecule has 0 spiro atoms. The molecule has 2 aromatic heterocycles. The van der Waals surface area contributed by atoms with Gasteiger partial charge in [0.25, 0.3) is 11.8 Å². The molecule has 6 nitrogen and oxygen atoms in total. The molecule has 1 amide bonds. The molecule has 8 heteroatoms. The number of halogens is 2. The lowest BCUT2D eigenvalue weighted by molar-refractivity contribution is 0.0116. The lowest BCUT2D eigenvalue weighted by atomic mass is 10.2. The number of rotatable bonds is 5. The fourth-order valence-electron chi connectivity index (χ4n) is 3.41. The third kappa shape index (κ3) is 3.62. The van der Waals surface area contributed by atoms with Gasteiger partial charge in [0.1, 0.15) is 23.8 Å². The second kappa shape index (κ2) is 7.10. The fourth-order valence-corrected chi connectivity index (χ4v) is 3.41. The number of pyridine rings is 1. The summed E-state index contributed by atoms with van der Waals surface area (Å²) in [5, 5.41) is 0.804. The summed E-state index contributed by atoms with van der Waals surface area (Å²) in [5.74, 6) is -2.31. The molecule has 0 bridgehead atoms. The largest absolute Gasteiger partial charge is 0.497 e. The van der Waals surface area contributed by atoms with E-state index in [0.717, 1.165) is 5.39 Å². The summed E-state index contributed by atoms with van der Waals surface area (Å²) in [6, 6.07) is 9.66. The van der Waals surface area contributed by atoms with Crippen LogP contribution >= 0.6 is 0 Å². The number of nitrogens with zero attached hydrogens (tertiary/aromatic N) is 2. The van der Waals surface area contributed by atoms with E-state index in [1.54, 1.807) is 43.6 Å². The molecule has 0 aliphatic carbocycles. The molecule has 1 N–H and O–H groups in total. The SMILES string of the molecule is COc1ccc2cc(C(=O)N3CC(F)(F)C[C@H]3COc3cccnc3)[nH]c2c1. The van der Waals surface area contributed by atoms with Crippen molar-refractivity contribution in [3.05, 3.63) is 54.5 Å². The first-order valence-electron chi connectivity index (χ1n) is 8.83. The van der Waals surface area contributed by atoms with Crippen LogP contribution in [0.5, 0.6) is 11.5 Å². The van der Waals surface area contributed by atoms with Crippen molar-refractivity contribution in [2.75, 3.05) is 20.3 Å².